The van der Waals surface area contributed by atoms with Gasteiger partial charge in [0.1, 0.15) is 44.5 Å². The standard InChI is InChI=1S/C25H28FN5O4S2.C25H28FN5O2S2/c1-14(2)22-29-24(35-30-22)31-11-9-16(10-12-31)15(3)34-25-28-21-8-7-20(27-23(21)36-25)18-6-5-17(13-19(18)26)37(4,32)33;1-14(2)22-29-24(33-30-22)31-11-9-16(10-12-31)15(3)32-25-28-21-8-7-20(27-23(21)35-25)18-6-5-17(34-4)13-19(18)26/h5-8,13-16H,9-12H2,1-4H3;5-8,13-16H,9-12H2,1-4H3. The number of nitrogens with zero attached hydrogens (tertiary/aromatic N) is 10. The Kier molecular flexibility index (Phi) is 15.4. The van der Waals surface area contributed by atoms with Crippen molar-refractivity contribution in [2.45, 2.75) is 101 Å². The Bertz CT molecular complexity index is 3270. The van der Waals surface area contributed by atoms with Crippen LogP contribution in [0.5, 0.6) is 10.4 Å². The number of ether oxygens (including phenoxy) is 2. The monoisotopic (exact) mass is 1060 g/mol. The second kappa shape index (κ2) is 21.7. The summed E-state index contributed by atoms with van der Waals surface area (Å²) in [7, 11) is -3.49. The quantitative estimate of drug-likeness (QED) is 0.0934. The summed E-state index contributed by atoms with van der Waals surface area (Å²) in [6.45, 7) is 15.7. The number of anilines is 2. The van der Waals surface area contributed by atoms with Crippen molar-refractivity contribution in [2.24, 2.45) is 11.8 Å². The summed E-state index contributed by atoms with van der Waals surface area (Å²) in [6, 6.07) is 17.4. The van der Waals surface area contributed by atoms with Gasteiger partial charge in [-0.3, -0.25) is 0 Å². The molecule has 0 bridgehead atoms. The van der Waals surface area contributed by atoms with Crippen LogP contribution in [0.4, 0.5) is 20.8 Å². The van der Waals surface area contributed by atoms with Crippen molar-refractivity contribution in [3.63, 3.8) is 0 Å². The van der Waals surface area contributed by atoms with Crippen LogP contribution in [0.25, 0.3) is 43.2 Å². The highest BCUT2D eigenvalue weighted by molar-refractivity contribution is 7.98. The highest BCUT2D eigenvalue weighted by atomic mass is 32.2. The van der Waals surface area contributed by atoms with Gasteiger partial charge in [-0.1, -0.05) is 60.7 Å². The molecule has 0 saturated carbocycles. The molecule has 72 heavy (non-hydrogen) atoms. The fourth-order valence-corrected chi connectivity index (χ4v) is 11.4. The van der Waals surface area contributed by atoms with Crippen molar-refractivity contribution in [3.8, 4) is 32.9 Å². The molecular formula is C50H56F2N10O6S4. The fraction of sp³-hybridized carbons (Fsp3) is 0.440. The van der Waals surface area contributed by atoms with Gasteiger partial charge in [0, 0.05) is 60.3 Å². The molecule has 8 aromatic rings. The summed E-state index contributed by atoms with van der Waals surface area (Å²) in [4.78, 5) is 33.8. The highest BCUT2D eigenvalue weighted by Crippen LogP contribution is 2.36. The summed E-state index contributed by atoms with van der Waals surface area (Å²) >= 11 is 4.22. The number of hydrogen-bond donors (Lipinski definition) is 0. The van der Waals surface area contributed by atoms with Crippen LogP contribution in [0.3, 0.4) is 0 Å². The van der Waals surface area contributed by atoms with E-state index in [-0.39, 0.29) is 40.3 Å². The molecular weight excluding hydrogens is 1000 g/mol. The van der Waals surface area contributed by atoms with E-state index in [2.05, 4.69) is 70.8 Å². The van der Waals surface area contributed by atoms with Gasteiger partial charge in [0.15, 0.2) is 21.5 Å². The Morgan fingerprint density at radius 1 is 0.625 bits per heavy atom. The second-order valence-electron chi connectivity index (χ2n) is 18.7. The SMILES string of the molecule is CC(C)c1noc(N2CCC(C(C)Oc3nc4ccc(-c5ccc(S(C)(=O)=O)cc5F)nc4s3)CC2)n1.CSc1ccc(-c2ccc3nc(OC(C)C4CCN(c5nc(C(C)C)no5)CC4)sc3n2)c(F)c1. The molecule has 0 aliphatic carbocycles. The van der Waals surface area contributed by atoms with E-state index in [9.17, 15) is 17.2 Å². The lowest BCUT2D eigenvalue weighted by atomic mass is 9.92. The Balaban J connectivity index is 0.000000178. The maximum Gasteiger partial charge on any atom is 0.324 e. The van der Waals surface area contributed by atoms with Crippen LogP contribution in [0.2, 0.25) is 0 Å². The van der Waals surface area contributed by atoms with Gasteiger partial charge in [-0.25, -0.2) is 37.1 Å². The zero-order valence-electron chi connectivity index (χ0n) is 41.2. The third-order valence-electron chi connectivity index (χ3n) is 13.0. The van der Waals surface area contributed by atoms with Gasteiger partial charge in [0.05, 0.1) is 16.3 Å². The van der Waals surface area contributed by atoms with Crippen molar-refractivity contribution in [1.82, 2.24) is 40.2 Å². The van der Waals surface area contributed by atoms with Crippen molar-refractivity contribution in [2.75, 3.05) is 48.5 Å². The smallest absolute Gasteiger partial charge is 0.324 e. The molecule has 6 aromatic heterocycles. The number of benzene rings is 2. The number of halogens is 2. The number of thiazole rings is 2. The number of hydrogen-bond acceptors (Lipinski definition) is 19. The lowest BCUT2D eigenvalue weighted by molar-refractivity contribution is 0.131. The molecule has 22 heteroatoms. The average Bonchev–Trinajstić information content (AvgIpc) is 4.20. The number of pyridine rings is 2. The minimum Gasteiger partial charge on any atom is -0.467 e. The van der Waals surface area contributed by atoms with Crippen molar-refractivity contribution < 1.29 is 35.7 Å². The Labute approximate surface area is 428 Å². The average molecular weight is 1060 g/mol. The first-order valence-corrected chi connectivity index (χ1v) is 28.6. The summed E-state index contributed by atoms with van der Waals surface area (Å²) in [6.07, 6.45) is 6.74. The van der Waals surface area contributed by atoms with Gasteiger partial charge in [0.25, 0.3) is 10.4 Å². The topological polar surface area (TPSA) is 188 Å². The van der Waals surface area contributed by atoms with E-state index in [0.717, 1.165) is 91.1 Å². The number of rotatable bonds is 14. The molecule has 10 rings (SSSR count). The van der Waals surface area contributed by atoms with Gasteiger partial charge < -0.3 is 28.3 Å². The molecule has 16 nitrogen and oxygen atoms in total. The third-order valence-corrected chi connectivity index (χ3v) is 16.5. The van der Waals surface area contributed by atoms with Crippen LogP contribution in [0, 0.1) is 23.5 Å². The molecule has 380 valence electrons. The Morgan fingerprint density at radius 3 is 1.46 bits per heavy atom. The zero-order chi connectivity index (χ0) is 50.8. The van der Waals surface area contributed by atoms with Crippen LogP contribution < -0.4 is 19.3 Å². The lowest BCUT2D eigenvalue weighted by Crippen LogP contribution is -2.38. The fourth-order valence-electron chi connectivity index (χ4n) is 8.57. The van der Waals surface area contributed by atoms with E-state index < -0.39 is 15.7 Å². The van der Waals surface area contributed by atoms with Gasteiger partial charge in [-0.2, -0.15) is 9.97 Å². The number of fused-ring (bicyclic) bond motifs is 2. The summed E-state index contributed by atoms with van der Waals surface area (Å²) in [5.41, 5.74) is 3.14. The first-order chi connectivity index (χ1) is 34.5. The van der Waals surface area contributed by atoms with Crippen LogP contribution in [-0.2, 0) is 9.84 Å². The number of piperidine rings is 2. The van der Waals surface area contributed by atoms with E-state index in [1.54, 1.807) is 24.3 Å². The number of aromatic nitrogens is 8. The largest absolute Gasteiger partial charge is 0.467 e. The van der Waals surface area contributed by atoms with Crippen molar-refractivity contribution in [3.05, 3.63) is 83.9 Å². The van der Waals surface area contributed by atoms with E-state index in [4.69, 9.17) is 18.5 Å². The molecule has 2 aliphatic heterocycles. The molecule has 8 heterocycles. The Hall–Kier alpha value is -5.84. The molecule has 0 N–H and O–H groups in total. The van der Waals surface area contributed by atoms with E-state index in [1.165, 1.54) is 46.6 Å². The predicted molar refractivity (Wildman–Crippen MR) is 277 cm³/mol. The maximum atomic E-state index is 14.7. The van der Waals surface area contributed by atoms with Crippen LogP contribution in [-0.4, -0.2) is 99.5 Å². The van der Waals surface area contributed by atoms with Crippen molar-refractivity contribution in [1.29, 1.82) is 0 Å². The second-order valence-corrected chi connectivity index (χ2v) is 23.5. The third kappa shape index (κ3) is 11.7. The molecule has 2 unspecified atom stereocenters. The van der Waals surface area contributed by atoms with Crippen LogP contribution in [0.15, 0.2) is 79.5 Å². The molecule has 2 aromatic carbocycles. The molecule has 2 saturated heterocycles. The van der Waals surface area contributed by atoms with E-state index in [0.29, 0.717) is 61.6 Å². The maximum absolute atomic E-state index is 14.7. The Morgan fingerprint density at radius 2 is 1.07 bits per heavy atom. The summed E-state index contributed by atoms with van der Waals surface area (Å²) in [5, 5.41) is 9.24. The normalized spacial score (nSPS) is 15.9. The van der Waals surface area contributed by atoms with Crippen LogP contribution >= 0.6 is 34.4 Å². The molecule has 0 spiro atoms. The van der Waals surface area contributed by atoms with Crippen LogP contribution in [0.1, 0.15) is 90.7 Å². The highest BCUT2D eigenvalue weighted by Gasteiger charge is 2.30. The summed E-state index contributed by atoms with van der Waals surface area (Å²) in [5.74, 6) is 1.77. The van der Waals surface area contributed by atoms with E-state index in [1.807, 2.05) is 45.2 Å². The molecule has 0 amide bonds. The van der Waals surface area contributed by atoms with Crippen molar-refractivity contribution >= 4 is 77.0 Å². The zero-order valence-corrected chi connectivity index (χ0v) is 44.5. The predicted octanol–water partition coefficient (Wildman–Crippen LogP) is 11.5. The van der Waals surface area contributed by atoms with E-state index >= 15 is 0 Å². The minimum absolute atomic E-state index is 0.0163. The summed E-state index contributed by atoms with van der Waals surface area (Å²) < 4.78 is 75.9. The first kappa shape index (κ1) is 51.1. The van der Waals surface area contributed by atoms with Gasteiger partial charge in [-0.15, -0.1) is 11.8 Å². The van der Waals surface area contributed by atoms with Gasteiger partial charge in [0.2, 0.25) is 0 Å². The molecule has 2 atom stereocenters. The first-order valence-electron chi connectivity index (χ1n) is 23.9. The number of sulfone groups is 1. The molecule has 2 fully saturated rings. The lowest BCUT2D eigenvalue weighted by Gasteiger charge is -2.33. The van der Waals surface area contributed by atoms with Gasteiger partial charge >= 0.3 is 12.0 Å². The molecule has 2 aliphatic rings. The van der Waals surface area contributed by atoms with Gasteiger partial charge in [-0.05, 0) is 118 Å². The molecule has 0 radical (unpaired) electrons. The number of thioether (sulfide) groups is 1. The minimum atomic E-state index is -3.49.